The number of halogens is 6. The number of fused-ring (bicyclic) bond motifs is 2. The molecule has 7 aromatic heterocycles. The van der Waals surface area contributed by atoms with E-state index in [9.17, 15) is 38.0 Å². The maximum Gasteiger partial charge on any atom is 0.516 e. The minimum absolute atomic E-state index is 0.00242. The van der Waals surface area contributed by atoms with E-state index < -0.39 is 99.7 Å². The number of likely N-dealkylation sites (tertiary alicyclic amines) is 4. The molecule has 0 radical (unpaired) electrons. The molecule has 123 heavy (non-hydrogen) atoms. The molecule has 0 saturated carbocycles. The van der Waals surface area contributed by atoms with Crippen LogP contribution in [0.1, 0.15) is 141 Å². The van der Waals surface area contributed by atoms with Crippen LogP contribution in [0, 0.1) is 11.5 Å². The third kappa shape index (κ3) is 25.0. The van der Waals surface area contributed by atoms with Gasteiger partial charge >= 0.3 is 25.4 Å². The maximum absolute atomic E-state index is 15.5. The Morgan fingerprint density at radius 1 is 0.463 bits per heavy atom. The summed E-state index contributed by atoms with van der Waals surface area (Å²) in [5, 5.41) is 73.4. The van der Waals surface area contributed by atoms with E-state index in [-0.39, 0.29) is 80.3 Å². The Morgan fingerprint density at radius 3 is 1.12 bits per heavy atom. The molecule has 5 aliphatic heterocycles. The fourth-order valence-electron chi connectivity index (χ4n) is 12.9. The number of nitrogen functional groups attached to an aromatic ring is 1. The van der Waals surface area contributed by atoms with Crippen molar-refractivity contribution >= 4 is 129 Å². The Kier molecular flexibility index (Phi) is 29.1. The lowest BCUT2D eigenvalue weighted by Gasteiger charge is -2.36. The van der Waals surface area contributed by atoms with E-state index in [0.717, 1.165) is 32.9 Å². The first-order valence-electron chi connectivity index (χ1n) is 39.3. The minimum Gasteiger partial charge on any atom is -0.444 e. The van der Waals surface area contributed by atoms with E-state index in [2.05, 4.69) is 92.6 Å². The van der Waals surface area contributed by atoms with Gasteiger partial charge in [-0.2, -0.15) is 20.6 Å². The lowest BCUT2D eigenvalue weighted by atomic mass is 9.85. The Hall–Kier alpha value is -12.2. The number of anilines is 5. The smallest absolute Gasteiger partial charge is 0.444 e. The largest absolute Gasteiger partial charge is 0.516 e. The van der Waals surface area contributed by atoms with Crippen molar-refractivity contribution in [2.75, 3.05) is 79.4 Å². The first-order chi connectivity index (χ1) is 57.7. The summed E-state index contributed by atoms with van der Waals surface area (Å²) in [7, 11) is -0.689. The van der Waals surface area contributed by atoms with E-state index in [1.54, 1.807) is 117 Å². The molecule has 0 unspecified atom stereocenters. The molecule has 0 bridgehead atoms. The zero-order chi connectivity index (χ0) is 89.7. The number of nitrogens with zero attached hydrogens (tertiary/aromatic N) is 17. The van der Waals surface area contributed by atoms with Gasteiger partial charge in [0, 0.05) is 48.1 Å². The molecule has 7 amide bonds. The standard InChI is InChI=1S/C22H25FN6O3.C21H32BFN4O5.C18H16FN7O.C15H20ClFN4O3.C4H4ClN3/c1-21(2,3)32-20(31)29-11-5-10-22(23,13-29)19(30)25-18-9-8-17(27-28-18)14-6-4-7-16-15(14)12-24-26-16;1-18(2,3)30-17(29)27-12-8-11-21(23,13-27)16(28)24-15-10-9-14(25-26-15)22-31-19(4,5)20(6,7)32-22;19-18(7-2-8-26(10-18)11-20)17(27)22-16-6-5-15(24-25-16)12-3-1-4-14-13(12)9-21-23-14;1-14(2,3)24-13(23)21-8-4-7-15(17,9-21)12(22)18-11-6-5-10(16)19-20-11;5-3-1-2-4(6)8-7-3/h4,6-9,12H,5,10-11,13H2,1-3H3,(H,24,26)(H,25,28,30);9-10H,8,11-13H2,1-7H3,(H,24,26,28);1,3-6,9H,2,7-8,10H2,(H,21,23)(H,22,25,27);5-6H,4,7-9H2,1-3H3,(H,18,20,22);1-2H,(H2,6,8)/t22-;21-;18-;15-;/m1111./s1. The van der Waals surface area contributed by atoms with Gasteiger partial charge in [0.25, 0.3) is 23.6 Å². The molecule has 9 aromatic rings. The molecule has 36 nitrogen and oxygen atoms in total. The highest BCUT2D eigenvalue weighted by atomic mass is 35.5. The average Bonchev–Trinajstić information content (AvgIpc) is 1.60. The second kappa shape index (κ2) is 38.5. The predicted octanol–water partition coefficient (Wildman–Crippen LogP) is 11.9. The lowest BCUT2D eigenvalue weighted by Crippen LogP contribution is -2.54. The number of nitriles is 1. The fraction of sp³-hybridized carbons (Fsp3) is 0.475. The maximum atomic E-state index is 15.5. The predicted molar refractivity (Wildman–Crippen MR) is 448 cm³/mol. The van der Waals surface area contributed by atoms with Crippen LogP contribution in [-0.4, -0.2) is 243 Å². The summed E-state index contributed by atoms with van der Waals surface area (Å²) in [6.45, 7) is 23.4. The molecule has 14 rings (SSSR count). The molecule has 5 saturated heterocycles. The zero-order valence-electron chi connectivity index (χ0n) is 70.1. The van der Waals surface area contributed by atoms with Gasteiger partial charge < -0.3 is 70.1 Å². The zero-order valence-corrected chi connectivity index (χ0v) is 71.6. The molecule has 5 fully saturated rings. The lowest BCUT2D eigenvalue weighted by molar-refractivity contribution is -0.131. The van der Waals surface area contributed by atoms with Crippen LogP contribution >= 0.6 is 23.2 Å². The van der Waals surface area contributed by atoms with Crippen LogP contribution < -0.4 is 32.6 Å². The highest BCUT2D eigenvalue weighted by Crippen LogP contribution is 2.38. The molecule has 8 N–H and O–H groups in total. The molecule has 0 spiro atoms. The molecule has 12 heterocycles. The van der Waals surface area contributed by atoms with Crippen LogP contribution in [0.3, 0.4) is 0 Å². The number of H-pyrrole nitrogens is 2. The molecule has 5 aliphatic rings. The van der Waals surface area contributed by atoms with Gasteiger partial charge in [-0.05, 0) is 214 Å². The summed E-state index contributed by atoms with van der Waals surface area (Å²) in [6.07, 6.45) is 4.97. The van der Waals surface area contributed by atoms with E-state index in [0.29, 0.717) is 79.8 Å². The van der Waals surface area contributed by atoms with Crippen LogP contribution in [0.15, 0.2) is 109 Å². The van der Waals surface area contributed by atoms with Gasteiger partial charge in [-0.3, -0.25) is 29.4 Å². The Balaban J connectivity index is 0.000000167. The Morgan fingerprint density at radius 2 is 0.805 bits per heavy atom. The number of amides is 7. The molecule has 4 atom stereocenters. The fourth-order valence-corrected chi connectivity index (χ4v) is 13.1. The summed E-state index contributed by atoms with van der Waals surface area (Å²) < 4.78 is 88.5. The number of benzene rings is 2. The normalized spacial score (nSPS) is 20.5. The number of aromatic nitrogens is 14. The molecule has 2 aromatic carbocycles. The molecule has 0 aliphatic carbocycles. The van der Waals surface area contributed by atoms with Gasteiger partial charge in [-0.1, -0.05) is 47.5 Å². The first-order valence-corrected chi connectivity index (χ1v) is 40.0. The van der Waals surface area contributed by atoms with E-state index >= 15 is 13.2 Å². The number of nitrogens with two attached hydrogens (primary N) is 1. The number of alkyl halides is 4. The van der Waals surface area contributed by atoms with Crippen molar-refractivity contribution < 1.29 is 74.6 Å². The van der Waals surface area contributed by atoms with Gasteiger partial charge in [0.15, 0.2) is 39.8 Å². The van der Waals surface area contributed by atoms with Gasteiger partial charge in [-0.15, -0.1) is 45.9 Å². The van der Waals surface area contributed by atoms with Gasteiger partial charge in [-0.25, -0.2) is 31.9 Å². The first kappa shape index (κ1) is 93.1. The van der Waals surface area contributed by atoms with Crippen molar-refractivity contribution in [1.29, 1.82) is 5.26 Å². The number of carbonyl (C=O) groups excluding carboxylic acids is 7. The van der Waals surface area contributed by atoms with Crippen molar-refractivity contribution in [2.45, 2.75) is 192 Å². The van der Waals surface area contributed by atoms with Crippen LogP contribution in [0.25, 0.3) is 44.3 Å². The third-order valence-corrected chi connectivity index (χ3v) is 20.2. The van der Waals surface area contributed by atoms with Crippen molar-refractivity contribution in [3.8, 4) is 28.7 Å². The topological polar surface area (TPSA) is 463 Å². The number of nitrogens with one attached hydrogen (secondary N) is 6. The number of piperidine rings is 4. The number of hydrogen-bond acceptors (Lipinski definition) is 27. The summed E-state index contributed by atoms with van der Waals surface area (Å²) in [6, 6.07) is 27.1. The molecule has 43 heteroatoms. The van der Waals surface area contributed by atoms with Crippen molar-refractivity contribution in [3.05, 3.63) is 120 Å². The van der Waals surface area contributed by atoms with Gasteiger partial charge in [0.1, 0.15) is 22.6 Å². The number of hydrogen-bond donors (Lipinski definition) is 7. The van der Waals surface area contributed by atoms with E-state index in [4.69, 9.17) is 57.7 Å². The number of aromatic amines is 2. The summed E-state index contributed by atoms with van der Waals surface area (Å²) in [5.41, 5.74) is -1.65. The van der Waals surface area contributed by atoms with E-state index in [1.807, 2.05) is 70.3 Å². The van der Waals surface area contributed by atoms with Crippen molar-refractivity contribution in [1.82, 2.24) is 91.0 Å². The molecular formula is C80H97BCl2F4N24O12. The van der Waals surface area contributed by atoms with Crippen LogP contribution in [0.4, 0.5) is 61.0 Å². The Labute approximate surface area is 716 Å². The minimum atomic E-state index is -2.25. The number of carbonyl (C=O) groups is 7. The average molecular weight is 1740 g/mol. The van der Waals surface area contributed by atoms with Crippen LogP contribution in [0.2, 0.25) is 10.3 Å². The second-order valence-electron chi connectivity index (χ2n) is 33.7. The number of ether oxygens (including phenoxy) is 3. The summed E-state index contributed by atoms with van der Waals surface area (Å²) in [5.74, 6) is -2.53. The van der Waals surface area contributed by atoms with Crippen molar-refractivity contribution in [3.63, 3.8) is 0 Å². The van der Waals surface area contributed by atoms with Gasteiger partial charge in [0.2, 0.25) is 22.7 Å². The monoisotopic (exact) mass is 1740 g/mol. The third-order valence-electron chi connectivity index (χ3n) is 19.8. The number of rotatable bonds is 11. The van der Waals surface area contributed by atoms with E-state index in [1.165, 1.54) is 37.8 Å². The SMILES string of the molecule is CC(C)(C)OC(=O)N1CCC[C@](F)(C(=O)Nc2ccc(-c3cccc4[nH]ncc34)nn2)C1.CC(C)(C)OC(=O)N1CCC[C@](F)(C(=O)Nc2ccc(B3OC(C)(C)C(C)(C)O3)nn2)C1.CC(C)(C)OC(=O)N1CCC[C@](F)(C(=O)Nc2ccc(Cl)nn2)C1.N#CN1CCC[C@](F)(C(=O)Nc2ccc(-c3cccc4[nH]ncc34)nn2)C1.Nc1ccc(Cl)nn1. The molecular weight excluding hydrogens is 1650 g/mol. The van der Waals surface area contributed by atoms with Gasteiger partial charge in [0.05, 0.1) is 77.8 Å². The Bertz CT molecular complexity index is 5230. The summed E-state index contributed by atoms with van der Waals surface area (Å²) in [4.78, 5) is 91.6. The van der Waals surface area contributed by atoms with Crippen LogP contribution in [0.5, 0.6) is 0 Å². The second-order valence-corrected chi connectivity index (χ2v) is 34.4. The summed E-state index contributed by atoms with van der Waals surface area (Å²) >= 11 is 11.0. The van der Waals surface area contributed by atoms with Crippen LogP contribution in [-0.2, 0) is 42.7 Å². The highest BCUT2D eigenvalue weighted by Gasteiger charge is 2.53. The highest BCUT2D eigenvalue weighted by molar-refractivity contribution is 6.61. The van der Waals surface area contributed by atoms with Crippen molar-refractivity contribution in [2.24, 2.45) is 0 Å². The molecule has 654 valence electrons. The quantitative estimate of drug-likeness (QED) is 0.0274.